The summed E-state index contributed by atoms with van der Waals surface area (Å²) in [6.07, 6.45) is -3.03. The van der Waals surface area contributed by atoms with Crippen LogP contribution < -0.4 is 4.74 Å². The van der Waals surface area contributed by atoms with Crippen molar-refractivity contribution in [3.8, 4) is 11.8 Å². The lowest BCUT2D eigenvalue weighted by molar-refractivity contribution is -0.139. The smallest absolute Gasteiger partial charge is 0.420 e. The average Bonchev–Trinajstić information content (AvgIpc) is 2.88. The van der Waals surface area contributed by atoms with Gasteiger partial charge in [-0.1, -0.05) is 0 Å². The van der Waals surface area contributed by atoms with Crippen molar-refractivity contribution in [2.24, 2.45) is 0 Å². The van der Waals surface area contributed by atoms with Gasteiger partial charge in [0.05, 0.1) is 27.6 Å². The number of thiazole rings is 1. The maximum absolute atomic E-state index is 12.8. The lowest BCUT2D eigenvalue weighted by Crippen LogP contribution is -2.09. The van der Waals surface area contributed by atoms with Crippen LogP contribution >= 0.6 is 11.3 Å². The highest BCUT2D eigenvalue weighted by Crippen LogP contribution is 2.37. The monoisotopic (exact) mass is 284 g/mol. The summed E-state index contributed by atoms with van der Waals surface area (Å²) in [6.45, 7) is 0.0135. The van der Waals surface area contributed by atoms with Crippen molar-refractivity contribution < 1.29 is 17.9 Å². The van der Waals surface area contributed by atoms with Gasteiger partial charge in [0, 0.05) is 6.20 Å². The van der Waals surface area contributed by atoms with E-state index in [1.807, 2.05) is 0 Å². The number of aromatic nitrogens is 1. The first-order valence-corrected chi connectivity index (χ1v) is 6.00. The van der Waals surface area contributed by atoms with Gasteiger partial charge in [0.15, 0.2) is 0 Å². The van der Waals surface area contributed by atoms with Crippen molar-refractivity contribution in [2.45, 2.75) is 12.8 Å². The van der Waals surface area contributed by atoms with Gasteiger partial charge >= 0.3 is 6.18 Å². The molecule has 1 aromatic heterocycles. The molecule has 1 heterocycles. The molecule has 0 bridgehead atoms. The van der Waals surface area contributed by atoms with Gasteiger partial charge in [-0.25, -0.2) is 0 Å². The molecular weight excluding hydrogens is 277 g/mol. The van der Waals surface area contributed by atoms with Crippen LogP contribution in [0, 0.1) is 11.3 Å². The number of nitrogens with zero attached hydrogens (tertiary/aromatic N) is 2. The van der Waals surface area contributed by atoms with Crippen molar-refractivity contribution in [1.82, 2.24) is 4.98 Å². The minimum absolute atomic E-state index is 0.0135. The summed E-state index contributed by atoms with van der Waals surface area (Å²) in [7, 11) is 0. The molecule has 0 aliphatic carbocycles. The summed E-state index contributed by atoms with van der Waals surface area (Å²) < 4.78 is 43.6. The van der Waals surface area contributed by atoms with Crippen molar-refractivity contribution >= 4 is 11.3 Å². The standard InChI is InChI=1S/C12H7F3N2OS/c13-12(14,15)10-3-8(4-16)1-2-11(10)18-6-9-5-17-7-19-9/h1-3,5,7H,6H2. The zero-order chi connectivity index (χ0) is 13.9. The topological polar surface area (TPSA) is 45.9 Å². The molecule has 19 heavy (non-hydrogen) atoms. The van der Waals surface area contributed by atoms with Crippen LogP contribution in [0.1, 0.15) is 16.0 Å². The highest BCUT2D eigenvalue weighted by atomic mass is 32.1. The fourth-order valence-electron chi connectivity index (χ4n) is 1.41. The molecule has 0 radical (unpaired) electrons. The summed E-state index contributed by atoms with van der Waals surface area (Å²) in [4.78, 5) is 4.53. The van der Waals surface area contributed by atoms with E-state index in [1.165, 1.54) is 23.6 Å². The number of rotatable bonds is 3. The third kappa shape index (κ3) is 3.23. The van der Waals surface area contributed by atoms with Gasteiger partial charge in [-0.15, -0.1) is 11.3 Å². The lowest BCUT2D eigenvalue weighted by Gasteiger charge is -2.13. The molecule has 0 aliphatic rings. The van der Waals surface area contributed by atoms with Gasteiger partial charge in [-0.2, -0.15) is 18.4 Å². The van der Waals surface area contributed by atoms with Crippen molar-refractivity contribution in [1.29, 1.82) is 5.26 Å². The predicted octanol–water partition coefficient (Wildman–Crippen LogP) is 3.61. The van der Waals surface area contributed by atoms with E-state index in [-0.39, 0.29) is 17.9 Å². The molecule has 0 aliphatic heterocycles. The fourth-order valence-corrected chi connectivity index (χ4v) is 1.92. The van der Waals surface area contributed by atoms with Crippen LogP contribution in [-0.2, 0) is 12.8 Å². The Morgan fingerprint density at radius 2 is 2.16 bits per heavy atom. The molecule has 98 valence electrons. The molecule has 2 rings (SSSR count). The second-order valence-corrected chi connectivity index (χ2v) is 4.55. The number of halogens is 3. The maximum Gasteiger partial charge on any atom is 0.420 e. The van der Waals surface area contributed by atoms with Crippen LogP contribution in [0.3, 0.4) is 0 Å². The molecule has 0 fully saturated rings. The quantitative estimate of drug-likeness (QED) is 0.865. The number of nitriles is 1. The summed E-state index contributed by atoms with van der Waals surface area (Å²) in [5.41, 5.74) is 0.566. The van der Waals surface area contributed by atoms with E-state index in [0.717, 1.165) is 17.0 Å². The first kappa shape index (κ1) is 13.4. The molecule has 0 amide bonds. The number of ether oxygens (including phenoxy) is 1. The number of hydrogen-bond donors (Lipinski definition) is 0. The molecule has 3 nitrogen and oxygen atoms in total. The summed E-state index contributed by atoms with van der Waals surface area (Å²) >= 11 is 1.29. The Labute approximate surface area is 110 Å². The molecule has 0 atom stereocenters. The third-order valence-electron chi connectivity index (χ3n) is 2.27. The summed E-state index contributed by atoms with van der Waals surface area (Å²) in [5.74, 6) is -0.292. The maximum atomic E-state index is 12.8. The summed E-state index contributed by atoms with van der Waals surface area (Å²) in [5, 5.41) is 8.63. The van der Waals surface area contributed by atoms with Gasteiger partial charge in [0.2, 0.25) is 0 Å². The molecule has 2 aromatic rings. The van der Waals surface area contributed by atoms with E-state index in [0.29, 0.717) is 0 Å². The van der Waals surface area contributed by atoms with E-state index in [1.54, 1.807) is 11.6 Å². The number of alkyl halides is 3. The highest BCUT2D eigenvalue weighted by Gasteiger charge is 2.34. The second kappa shape index (κ2) is 5.28. The molecule has 0 saturated carbocycles. The Morgan fingerprint density at radius 1 is 1.37 bits per heavy atom. The van der Waals surface area contributed by atoms with Gasteiger partial charge in [0.1, 0.15) is 12.4 Å². The van der Waals surface area contributed by atoms with Crippen LogP contribution in [-0.4, -0.2) is 4.98 Å². The molecule has 0 spiro atoms. The van der Waals surface area contributed by atoms with Crippen LogP contribution in [0.5, 0.6) is 5.75 Å². The molecule has 0 saturated heterocycles. The van der Waals surface area contributed by atoms with Crippen LogP contribution in [0.2, 0.25) is 0 Å². The number of hydrogen-bond acceptors (Lipinski definition) is 4. The van der Waals surface area contributed by atoms with Crippen molar-refractivity contribution in [3.05, 3.63) is 45.9 Å². The van der Waals surface area contributed by atoms with E-state index in [4.69, 9.17) is 10.00 Å². The zero-order valence-corrected chi connectivity index (χ0v) is 10.3. The number of benzene rings is 1. The largest absolute Gasteiger partial charge is 0.487 e. The molecular formula is C12H7F3N2OS. The SMILES string of the molecule is N#Cc1ccc(OCc2cncs2)c(C(F)(F)F)c1. The Hall–Kier alpha value is -2.07. The first-order chi connectivity index (χ1) is 9.00. The third-order valence-corrected chi connectivity index (χ3v) is 3.02. The fraction of sp³-hybridized carbons (Fsp3) is 0.167. The Bertz CT molecular complexity index is 602. The average molecular weight is 284 g/mol. The molecule has 7 heteroatoms. The zero-order valence-electron chi connectivity index (χ0n) is 9.44. The molecule has 1 aromatic carbocycles. The van der Waals surface area contributed by atoms with Crippen molar-refractivity contribution in [3.63, 3.8) is 0 Å². The Morgan fingerprint density at radius 3 is 2.74 bits per heavy atom. The van der Waals surface area contributed by atoms with Gasteiger partial charge in [0.25, 0.3) is 0 Å². The van der Waals surface area contributed by atoms with Gasteiger partial charge in [-0.3, -0.25) is 4.98 Å². The van der Waals surface area contributed by atoms with E-state index >= 15 is 0 Å². The van der Waals surface area contributed by atoms with Gasteiger partial charge < -0.3 is 4.74 Å². The predicted molar refractivity (Wildman–Crippen MR) is 62.6 cm³/mol. The highest BCUT2D eigenvalue weighted by molar-refractivity contribution is 7.09. The van der Waals surface area contributed by atoms with E-state index in [9.17, 15) is 13.2 Å². The second-order valence-electron chi connectivity index (χ2n) is 3.58. The van der Waals surface area contributed by atoms with Crippen LogP contribution in [0.15, 0.2) is 29.9 Å². The van der Waals surface area contributed by atoms with E-state index in [2.05, 4.69) is 4.98 Å². The van der Waals surface area contributed by atoms with Crippen molar-refractivity contribution in [2.75, 3.05) is 0 Å². The van der Waals surface area contributed by atoms with Gasteiger partial charge in [-0.05, 0) is 18.2 Å². The molecule has 0 unspecified atom stereocenters. The minimum atomic E-state index is -4.56. The van der Waals surface area contributed by atoms with E-state index < -0.39 is 11.7 Å². The van der Waals surface area contributed by atoms with Crippen LogP contribution in [0.4, 0.5) is 13.2 Å². The summed E-state index contributed by atoms with van der Waals surface area (Å²) in [6, 6.07) is 4.90. The van der Waals surface area contributed by atoms with Crippen LogP contribution in [0.25, 0.3) is 0 Å². The minimum Gasteiger partial charge on any atom is -0.487 e. The molecule has 0 N–H and O–H groups in total. The Balaban J connectivity index is 2.27. The normalized spacial score (nSPS) is 11.1. The lowest BCUT2D eigenvalue weighted by atomic mass is 10.1. The Kier molecular flexibility index (Phi) is 3.71. The first-order valence-electron chi connectivity index (χ1n) is 5.12.